The van der Waals surface area contributed by atoms with Gasteiger partial charge in [-0.3, -0.25) is 0 Å². The summed E-state index contributed by atoms with van der Waals surface area (Å²) in [6, 6.07) is 22.0. The van der Waals surface area contributed by atoms with Gasteiger partial charge in [-0.05, 0) is 46.8 Å². The number of aromatic nitrogens is 4. The van der Waals surface area contributed by atoms with Crippen LogP contribution in [0.2, 0.25) is 0 Å². The molecule has 2 aromatic heterocycles. The second-order valence-corrected chi connectivity index (χ2v) is 7.98. The Morgan fingerprint density at radius 1 is 1.00 bits per heavy atom. The van der Waals surface area contributed by atoms with Crippen LogP contribution < -0.4 is 17.7 Å². The largest absolute Gasteiger partial charge is 1.00 e. The molecule has 0 saturated carbocycles. The molecule has 0 unspecified atom stereocenters. The average molecular weight is 492 g/mol. The van der Waals surface area contributed by atoms with Crippen LogP contribution in [0.25, 0.3) is 17.0 Å². The Hall–Kier alpha value is -2.13. The summed E-state index contributed by atoms with van der Waals surface area (Å²) in [5.41, 5.74) is 2.02. The standard InChI is InChI=1S/C20H18BrN5OS.ClH/c21-16-8-6-15(7-9-16)19-11-10-18(27-19)14-22-12-13-28-20-23-24-25-26(20)17-4-2-1-3-5-17;/h1-11,22H,12-14H2;1H/p-1. The van der Waals surface area contributed by atoms with E-state index in [1.54, 1.807) is 16.4 Å². The molecule has 0 spiro atoms. The van der Waals surface area contributed by atoms with E-state index in [1.165, 1.54) is 0 Å². The van der Waals surface area contributed by atoms with Gasteiger partial charge in [-0.1, -0.05) is 58.0 Å². The topological polar surface area (TPSA) is 68.8 Å². The minimum atomic E-state index is 0. The van der Waals surface area contributed by atoms with Crippen molar-refractivity contribution in [3.8, 4) is 17.0 Å². The van der Waals surface area contributed by atoms with Crippen LogP contribution in [0.1, 0.15) is 5.76 Å². The fourth-order valence-corrected chi connectivity index (χ4v) is 3.72. The molecule has 29 heavy (non-hydrogen) atoms. The van der Waals surface area contributed by atoms with Gasteiger partial charge >= 0.3 is 0 Å². The lowest BCUT2D eigenvalue weighted by Crippen LogP contribution is -3.00. The maximum Gasteiger partial charge on any atom is 0.214 e. The molecule has 0 amide bonds. The predicted octanol–water partition coefficient (Wildman–Crippen LogP) is 1.57. The molecule has 9 heteroatoms. The van der Waals surface area contributed by atoms with Crippen molar-refractivity contribution in [2.24, 2.45) is 0 Å². The Kier molecular flexibility index (Phi) is 7.88. The minimum Gasteiger partial charge on any atom is -1.00 e. The van der Waals surface area contributed by atoms with Gasteiger partial charge in [0.2, 0.25) is 5.16 Å². The highest BCUT2D eigenvalue weighted by atomic mass is 79.9. The van der Waals surface area contributed by atoms with Gasteiger partial charge in [0, 0.05) is 22.3 Å². The molecule has 0 aliphatic carbocycles. The Morgan fingerprint density at radius 2 is 1.79 bits per heavy atom. The number of nitrogens with zero attached hydrogens (tertiary/aromatic N) is 4. The second-order valence-electron chi connectivity index (χ2n) is 6.01. The number of halogens is 2. The summed E-state index contributed by atoms with van der Waals surface area (Å²) in [6.45, 7) is 1.50. The Balaban J connectivity index is 0.00000240. The molecule has 0 aliphatic heterocycles. The first kappa shape index (κ1) is 21.6. The van der Waals surface area contributed by atoms with Crippen molar-refractivity contribution in [3.63, 3.8) is 0 Å². The normalized spacial score (nSPS) is 10.7. The number of rotatable bonds is 8. The van der Waals surface area contributed by atoms with Gasteiger partial charge < -0.3 is 22.1 Å². The third-order valence-electron chi connectivity index (χ3n) is 4.04. The number of furan rings is 1. The molecule has 6 nitrogen and oxygen atoms in total. The van der Waals surface area contributed by atoms with Crippen LogP contribution in [0.4, 0.5) is 0 Å². The molecule has 0 aliphatic rings. The van der Waals surface area contributed by atoms with Crippen LogP contribution in [0.5, 0.6) is 0 Å². The molecule has 0 atom stereocenters. The van der Waals surface area contributed by atoms with Gasteiger partial charge in [0.1, 0.15) is 11.5 Å². The molecular formula is C20H18BrClN5OS-. The third-order valence-corrected chi connectivity index (χ3v) is 5.49. The van der Waals surface area contributed by atoms with Crippen molar-refractivity contribution in [1.29, 1.82) is 0 Å². The number of benzene rings is 2. The summed E-state index contributed by atoms with van der Waals surface area (Å²) >= 11 is 5.06. The van der Waals surface area contributed by atoms with Crippen molar-refractivity contribution in [2.45, 2.75) is 11.7 Å². The second kappa shape index (κ2) is 10.6. The Morgan fingerprint density at radius 3 is 2.59 bits per heavy atom. The first-order valence-electron chi connectivity index (χ1n) is 8.81. The van der Waals surface area contributed by atoms with Crippen molar-refractivity contribution >= 4 is 27.7 Å². The molecule has 1 N–H and O–H groups in total. The zero-order valence-corrected chi connectivity index (χ0v) is 18.5. The van der Waals surface area contributed by atoms with Gasteiger partial charge in [0.15, 0.2) is 0 Å². The van der Waals surface area contributed by atoms with E-state index in [2.05, 4.69) is 36.8 Å². The highest BCUT2D eigenvalue weighted by Gasteiger charge is 2.08. The smallest absolute Gasteiger partial charge is 0.214 e. The summed E-state index contributed by atoms with van der Waals surface area (Å²) < 4.78 is 8.73. The van der Waals surface area contributed by atoms with Crippen LogP contribution in [-0.2, 0) is 6.54 Å². The van der Waals surface area contributed by atoms with Crippen molar-refractivity contribution in [3.05, 3.63) is 77.0 Å². The van der Waals surface area contributed by atoms with Crippen molar-refractivity contribution in [2.75, 3.05) is 12.3 Å². The summed E-state index contributed by atoms with van der Waals surface area (Å²) in [6.07, 6.45) is 0. The van der Waals surface area contributed by atoms with Crippen LogP contribution in [0, 0.1) is 0 Å². The van der Waals surface area contributed by atoms with Crippen LogP contribution in [-0.4, -0.2) is 32.5 Å². The fraction of sp³-hybridized carbons (Fsp3) is 0.150. The number of hydrogen-bond donors (Lipinski definition) is 1. The quantitative estimate of drug-likeness (QED) is 0.298. The zero-order chi connectivity index (χ0) is 19.2. The number of tetrazole rings is 1. The monoisotopic (exact) mass is 490 g/mol. The number of nitrogens with one attached hydrogen (secondary N) is 1. The van der Waals surface area contributed by atoms with E-state index in [1.807, 2.05) is 66.7 Å². The molecular weight excluding hydrogens is 474 g/mol. The molecule has 4 rings (SSSR count). The van der Waals surface area contributed by atoms with E-state index in [0.717, 1.165) is 44.7 Å². The molecule has 0 fully saturated rings. The van der Waals surface area contributed by atoms with Gasteiger partial charge in [0.05, 0.1) is 12.2 Å². The third kappa shape index (κ3) is 5.70. The molecule has 0 bridgehead atoms. The predicted molar refractivity (Wildman–Crippen MR) is 113 cm³/mol. The van der Waals surface area contributed by atoms with Crippen molar-refractivity contribution in [1.82, 2.24) is 25.5 Å². The number of thioether (sulfide) groups is 1. The highest BCUT2D eigenvalue weighted by molar-refractivity contribution is 9.10. The minimum absolute atomic E-state index is 0. The van der Waals surface area contributed by atoms with Gasteiger partial charge in [-0.2, -0.15) is 4.68 Å². The van der Waals surface area contributed by atoms with E-state index in [9.17, 15) is 0 Å². The maximum absolute atomic E-state index is 5.92. The van der Waals surface area contributed by atoms with Crippen molar-refractivity contribution < 1.29 is 16.8 Å². The lowest BCUT2D eigenvalue weighted by atomic mass is 10.2. The van der Waals surface area contributed by atoms with Crippen LogP contribution in [0.15, 0.2) is 80.8 Å². The fourth-order valence-electron chi connectivity index (χ4n) is 2.67. The lowest BCUT2D eigenvalue weighted by Gasteiger charge is -2.05. The summed E-state index contributed by atoms with van der Waals surface area (Å²) in [7, 11) is 0. The number of para-hydroxylation sites is 1. The molecule has 150 valence electrons. The van der Waals surface area contributed by atoms with E-state index in [0.29, 0.717) is 6.54 Å². The molecule has 0 saturated heterocycles. The maximum atomic E-state index is 5.92. The summed E-state index contributed by atoms with van der Waals surface area (Å²) in [4.78, 5) is 0. The molecule has 2 heterocycles. The summed E-state index contributed by atoms with van der Waals surface area (Å²) in [5.74, 6) is 2.64. The first-order valence-corrected chi connectivity index (χ1v) is 10.6. The average Bonchev–Trinajstić information content (AvgIpc) is 3.39. The zero-order valence-electron chi connectivity index (χ0n) is 15.3. The SMILES string of the molecule is Brc1ccc(-c2ccc(CNCCSc3nnnn3-c3ccccc3)o2)cc1.[Cl-]. The van der Waals surface area contributed by atoms with E-state index >= 15 is 0 Å². The van der Waals surface area contributed by atoms with E-state index < -0.39 is 0 Å². The molecule has 4 aromatic rings. The van der Waals surface area contributed by atoms with E-state index in [-0.39, 0.29) is 12.4 Å². The molecule has 2 aromatic carbocycles. The summed E-state index contributed by atoms with van der Waals surface area (Å²) in [5, 5.41) is 16.1. The van der Waals surface area contributed by atoms with Gasteiger partial charge in [0.25, 0.3) is 0 Å². The number of hydrogen-bond acceptors (Lipinski definition) is 6. The Bertz CT molecular complexity index is 1020. The Labute approximate surface area is 187 Å². The van der Waals surface area contributed by atoms with E-state index in [4.69, 9.17) is 4.42 Å². The van der Waals surface area contributed by atoms with Crippen LogP contribution in [0.3, 0.4) is 0 Å². The lowest BCUT2D eigenvalue weighted by molar-refractivity contribution is -0.00000613. The molecule has 0 radical (unpaired) electrons. The van der Waals surface area contributed by atoms with Crippen LogP contribution >= 0.6 is 27.7 Å². The van der Waals surface area contributed by atoms with Gasteiger partial charge in [-0.15, -0.1) is 5.10 Å². The van der Waals surface area contributed by atoms with Gasteiger partial charge in [-0.25, -0.2) is 0 Å². The highest BCUT2D eigenvalue weighted by Crippen LogP contribution is 2.24. The first-order chi connectivity index (χ1) is 13.8.